The molecule has 2 amide bonds. The minimum atomic E-state index is -0.566. The molecule has 0 bridgehead atoms. The zero-order valence-corrected chi connectivity index (χ0v) is 10.3. The Morgan fingerprint density at radius 3 is 2.84 bits per heavy atom. The second-order valence-electron chi connectivity index (χ2n) is 4.67. The predicted molar refractivity (Wildman–Crippen MR) is 66.1 cm³/mol. The molecule has 1 atom stereocenters. The van der Waals surface area contributed by atoms with Crippen molar-refractivity contribution in [3.05, 3.63) is 29.3 Å². The van der Waals surface area contributed by atoms with E-state index in [0.29, 0.717) is 17.8 Å². The number of Topliss-reactive ketones (excluding diaryl/α,β-unsaturated/α-hetero) is 1. The molecule has 3 rings (SSSR count). The molecule has 6 heteroatoms. The predicted octanol–water partition coefficient (Wildman–Crippen LogP) is 0.633. The van der Waals surface area contributed by atoms with Gasteiger partial charge < -0.3 is 15.0 Å². The number of fused-ring (bicyclic) bond motifs is 1. The lowest BCUT2D eigenvalue weighted by molar-refractivity contribution is -0.114. The van der Waals surface area contributed by atoms with Crippen LogP contribution in [0.4, 0.5) is 10.5 Å². The van der Waals surface area contributed by atoms with Crippen molar-refractivity contribution in [3.63, 3.8) is 0 Å². The SMILES string of the molecule is Cc1ccc2c(c1)C(=O)C(=O)N2CC1CNC(=O)O1. The van der Waals surface area contributed by atoms with E-state index in [1.807, 2.05) is 13.0 Å². The second-order valence-corrected chi connectivity index (χ2v) is 4.67. The van der Waals surface area contributed by atoms with Gasteiger partial charge in [-0.25, -0.2) is 4.79 Å². The van der Waals surface area contributed by atoms with Gasteiger partial charge in [0, 0.05) is 0 Å². The number of cyclic esters (lactones) is 1. The molecule has 1 fully saturated rings. The van der Waals surface area contributed by atoms with Gasteiger partial charge in [0.25, 0.3) is 11.7 Å². The number of nitrogens with one attached hydrogen (secondary N) is 1. The summed E-state index contributed by atoms with van der Waals surface area (Å²) in [4.78, 5) is 36.2. The molecule has 1 aromatic carbocycles. The van der Waals surface area contributed by atoms with E-state index in [4.69, 9.17) is 4.74 Å². The van der Waals surface area contributed by atoms with Gasteiger partial charge in [0.15, 0.2) is 0 Å². The lowest BCUT2D eigenvalue weighted by Crippen LogP contribution is -2.38. The van der Waals surface area contributed by atoms with Crippen molar-refractivity contribution in [2.75, 3.05) is 18.0 Å². The Morgan fingerprint density at radius 2 is 2.16 bits per heavy atom. The van der Waals surface area contributed by atoms with E-state index in [0.717, 1.165) is 5.56 Å². The number of benzene rings is 1. The maximum absolute atomic E-state index is 12.0. The Morgan fingerprint density at radius 1 is 1.37 bits per heavy atom. The molecule has 0 spiro atoms. The maximum Gasteiger partial charge on any atom is 0.407 e. The monoisotopic (exact) mass is 260 g/mol. The number of hydrogen-bond acceptors (Lipinski definition) is 4. The minimum absolute atomic E-state index is 0.194. The fourth-order valence-corrected chi connectivity index (χ4v) is 2.33. The number of carbonyl (C=O) groups excluding carboxylic acids is 3. The quantitative estimate of drug-likeness (QED) is 0.791. The molecule has 1 aromatic rings. The summed E-state index contributed by atoms with van der Waals surface area (Å²) in [5.74, 6) is -1.07. The highest BCUT2D eigenvalue weighted by Crippen LogP contribution is 2.30. The highest BCUT2D eigenvalue weighted by Gasteiger charge is 2.38. The number of aryl methyl sites for hydroxylation is 1. The normalized spacial score (nSPS) is 21.4. The Balaban J connectivity index is 1.89. The Labute approximate surface area is 109 Å². The molecule has 2 aliphatic rings. The van der Waals surface area contributed by atoms with Crippen LogP contribution in [0.15, 0.2) is 18.2 Å². The molecule has 2 heterocycles. The lowest BCUT2D eigenvalue weighted by Gasteiger charge is -2.19. The minimum Gasteiger partial charge on any atom is -0.442 e. The fourth-order valence-electron chi connectivity index (χ4n) is 2.33. The third-order valence-electron chi connectivity index (χ3n) is 3.26. The van der Waals surface area contributed by atoms with Crippen LogP contribution in [0.3, 0.4) is 0 Å². The second kappa shape index (κ2) is 4.08. The third kappa shape index (κ3) is 1.85. The first-order valence-corrected chi connectivity index (χ1v) is 5.97. The number of ether oxygens (including phenoxy) is 1. The number of rotatable bonds is 2. The van der Waals surface area contributed by atoms with E-state index in [2.05, 4.69) is 5.32 Å². The van der Waals surface area contributed by atoms with Gasteiger partial charge in [-0.2, -0.15) is 0 Å². The number of nitrogens with zero attached hydrogens (tertiary/aromatic N) is 1. The van der Waals surface area contributed by atoms with Crippen molar-refractivity contribution < 1.29 is 19.1 Å². The van der Waals surface area contributed by atoms with E-state index in [1.165, 1.54) is 4.90 Å². The van der Waals surface area contributed by atoms with E-state index < -0.39 is 23.9 Å². The molecule has 2 aliphatic heterocycles. The Kier molecular flexibility index (Phi) is 2.51. The van der Waals surface area contributed by atoms with Crippen LogP contribution in [0.25, 0.3) is 0 Å². The van der Waals surface area contributed by atoms with Crippen LogP contribution >= 0.6 is 0 Å². The van der Waals surface area contributed by atoms with Crippen LogP contribution < -0.4 is 10.2 Å². The molecular formula is C13H12N2O4. The Bertz CT molecular complexity index is 596. The number of hydrogen-bond donors (Lipinski definition) is 1. The zero-order valence-electron chi connectivity index (χ0n) is 10.3. The molecule has 98 valence electrons. The van der Waals surface area contributed by atoms with Crippen LogP contribution in [0.2, 0.25) is 0 Å². The summed E-state index contributed by atoms with van der Waals surface area (Å²) in [5, 5.41) is 2.52. The maximum atomic E-state index is 12.0. The van der Waals surface area contributed by atoms with E-state index in [1.54, 1.807) is 12.1 Å². The lowest BCUT2D eigenvalue weighted by atomic mass is 10.1. The number of alkyl carbamates (subject to hydrolysis) is 1. The average molecular weight is 260 g/mol. The van der Waals surface area contributed by atoms with Gasteiger partial charge in [0.2, 0.25) is 0 Å². The first kappa shape index (κ1) is 11.7. The first-order chi connectivity index (χ1) is 9.06. The molecule has 0 aromatic heterocycles. The number of anilines is 1. The summed E-state index contributed by atoms with van der Waals surface area (Å²) in [6.07, 6.45) is -0.913. The largest absolute Gasteiger partial charge is 0.442 e. The molecule has 6 nitrogen and oxygen atoms in total. The summed E-state index contributed by atoms with van der Waals surface area (Å²) >= 11 is 0. The summed E-state index contributed by atoms with van der Waals surface area (Å²) in [6.45, 7) is 2.40. The van der Waals surface area contributed by atoms with Gasteiger partial charge in [-0.15, -0.1) is 0 Å². The van der Waals surface area contributed by atoms with Crippen molar-refractivity contribution in [1.29, 1.82) is 0 Å². The van der Waals surface area contributed by atoms with Crippen LogP contribution in [-0.4, -0.2) is 37.0 Å². The average Bonchev–Trinajstić information content (AvgIpc) is 2.88. The van der Waals surface area contributed by atoms with Gasteiger partial charge >= 0.3 is 6.09 Å². The highest BCUT2D eigenvalue weighted by molar-refractivity contribution is 6.52. The molecule has 0 saturated carbocycles. The third-order valence-corrected chi connectivity index (χ3v) is 3.26. The summed E-state index contributed by atoms with van der Waals surface area (Å²) < 4.78 is 4.99. The fraction of sp³-hybridized carbons (Fsp3) is 0.308. The van der Waals surface area contributed by atoms with E-state index >= 15 is 0 Å². The topological polar surface area (TPSA) is 75.7 Å². The highest BCUT2D eigenvalue weighted by atomic mass is 16.6. The van der Waals surface area contributed by atoms with Crippen LogP contribution in [0.5, 0.6) is 0 Å². The van der Waals surface area contributed by atoms with Crippen LogP contribution in [0, 0.1) is 6.92 Å². The standard InChI is InChI=1S/C13H12N2O4/c1-7-2-3-10-9(4-7)11(16)12(17)15(10)6-8-5-14-13(18)19-8/h2-4,8H,5-6H2,1H3,(H,14,18). The van der Waals surface area contributed by atoms with Crippen molar-refractivity contribution in [3.8, 4) is 0 Å². The summed E-state index contributed by atoms with van der Waals surface area (Å²) in [6, 6.07) is 5.29. The van der Waals surface area contributed by atoms with Gasteiger partial charge in [0.1, 0.15) is 6.10 Å². The van der Waals surface area contributed by atoms with Gasteiger partial charge in [-0.3, -0.25) is 9.59 Å². The van der Waals surface area contributed by atoms with E-state index in [-0.39, 0.29) is 6.54 Å². The smallest absolute Gasteiger partial charge is 0.407 e. The van der Waals surface area contributed by atoms with E-state index in [9.17, 15) is 14.4 Å². The van der Waals surface area contributed by atoms with Crippen molar-refractivity contribution in [1.82, 2.24) is 5.32 Å². The van der Waals surface area contributed by atoms with Crippen molar-refractivity contribution in [2.45, 2.75) is 13.0 Å². The van der Waals surface area contributed by atoms with Crippen LogP contribution in [0.1, 0.15) is 15.9 Å². The number of carbonyl (C=O) groups is 3. The molecule has 0 radical (unpaired) electrons. The first-order valence-electron chi connectivity index (χ1n) is 5.97. The van der Waals surface area contributed by atoms with Gasteiger partial charge in [-0.1, -0.05) is 11.6 Å². The van der Waals surface area contributed by atoms with Crippen molar-refractivity contribution in [2.24, 2.45) is 0 Å². The van der Waals surface area contributed by atoms with Gasteiger partial charge in [0.05, 0.1) is 24.3 Å². The Hall–Kier alpha value is -2.37. The molecule has 1 N–H and O–H groups in total. The van der Waals surface area contributed by atoms with Crippen LogP contribution in [-0.2, 0) is 9.53 Å². The summed E-state index contributed by atoms with van der Waals surface area (Å²) in [7, 11) is 0. The molecular weight excluding hydrogens is 248 g/mol. The number of amides is 2. The number of ketones is 1. The summed E-state index contributed by atoms with van der Waals surface area (Å²) in [5.41, 5.74) is 1.93. The molecule has 0 aliphatic carbocycles. The molecule has 19 heavy (non-hydrogen) atoms. The van der Waals surface area contributed by atoms with Crippen molar-refractivity contribution >= 4 is 23.5 Å². The molecule has 1 saturated heterocycles. The molecule has 1 unspecified atom stereocenters. The van der Waals surface area contributed by atoms with Gasteiger partial charge in [-0.05, 0) is 19.1 Å². The zero-order chi connectivity index (χ0) is 13.6.